The van der Waals surface area contributed by atoms with Crippen molar-refractivity contribution in [3.8, 4) is 0 Å². The summed E-state index contributed by atoms with van der Waals surface area (Å²) in [5.74, 6) is -0.451. The molecule has 1 aromatic rings. The fourth-order valence-electron chi connectivity index (χ4n) is 1.82. The summed E-state index contributed by atoms with van der Waals surface area (Å²) in [5, 5.41) is -0.00434. The Hall–Kier alpha value is -0.400. The van der Waals surface area contributed by atoms with Gasteiger partial charge in [0.1, 0.15) is 10.7 Å². The third kappa shape index (κ3) is 3.20. The van der Waals surface area contributed by atoms with Gasteiger partial charge in [0.25, 0.3) is 0 Å². The highest BCUT2D eigenvalue weighted by Crippen LogP contribution is 2.26. The number of morpholine rings is 1. The van der Waals surface area contributed by atoms with Crippen LogP contribution < -0.4 is 0 Å². The minimum Gasteiger partial charge on any atom is -0.374 e. The van der Waals surface area contributed by atoms with Gasteiger partial charge in [-0.2, -0.15) is 4.31 Å². The average Bonchev–Trinajstić information content (AvgIpc) is 2.41. The molecule has 0 aromatic heterocycles. The van der Waals surface area contributed by atoms with Gasteiger partial charge in [-0.25, -0.2) is 12.8 Å². The first-order valence-corrected chi connectivity index (χ1v) is 7.93. The molecule has 1 aliphatic heterocycles. The zero-order chi connectivity index (χ0) is 14.0. The summed E-state index contributed by atoms with van der Waals surface area (Å²) in [7, 11) is -3.84. The predicted octanol–water partition coefficient (Wildman–Crippen LogP) is 2.11. The second kappa shape index (κ2) is 5.93. The van der Waals surface area contributed by atoms with Crippen molar-refractivity contribution in [2.24, 2.45) is 0 Å². The van der Waals surface area contributed by atoms with Crippen LogP contribution in [0.4, 0.5) is 4.39 Å². The van der Waals surface area contributed by atoms with Gasteiger partial charge >= 0.3 is 0 Å². The number of hydrogen-bond acceptors (Lipinski definition) is 3. The Labute approximate surface area is 121 Å². The van der Waals surface area contributed by atoms with Crippen LogP contribution >= 0.6 is 23.2 Å². The molecule has 1 aromatic carbocycles. The molecule has 1 fully saturated rings. The highest BCUT2D eigenvalue weighted by molar-refractivity contribution is 7.89. The van der Waals surface area contributed by atoms with Crippen molar-refractivity contribution < 1.29 is 17.5 Å². The molecule has 4 nitrogen and oxygen atoms in total. The fourth-order valence-corrected chi connectivity index (χ4v) is 3.95. The van der Waals surface area contributed by atoms with Crippen LogP contribution in [0.3, 0.4) is 0 Å². The van der Waals surface area contributed by atoms with Crippen LogP contribution in [0.2, 0.25) is 5.02 Å². The second-order valence-corrected chi connectivity index (χ2v) is 6.71. The first kappa shape index (κ1) is 15.0. The third-order valence-corrected chi connectivity index (χ3v) is 5.48. The number of rotatable bonds is 3. The van der Waals surface area contributed by atoms with Crippen molar-refractivity contribution >= 4 is 33.2 Å². The average molecular weight is 328 g/mol. The Morgan fingerprint density at radius 2 is 2.21 bits per heavy atom. The summed E-state index contributed by atoms with van der Waals surface area (Å²) in [4.78, 5) is -0.232. The van der Waals surface area contributed by atoms with Gasteiger partial charge in [-0.05, 0) is 18.2 Å². The van der Waals surface area contributed by atoms with E-state index < -0.39 is 15.8 Å². The van der Waals surface area contributed by atoms with Gasteiger partial charge < -0.3 is 4.74 Å². The minimum atomic E-state index is -3.84. The van der Waals surface area contributed by atoms with Crippen LogP contribution in [0.15, 0.2) is 23.1 Å². The maximum atomic E-state index is 13.2. The second-order valence-electron chi connectivity index (χ2n) is 4.08. The smallest absolute Gasteiger partial charge is 0.244 e. The molecule has 8 heteroatoms. The van der Waals surface area contributed by atoms with E-state index >= 15 is 0 Å². The Balaban J connectivity index is 2.34. The summed E-state index contributed by atoms with van der Waals surface area (Å²) < 4.78 is 44.5. The van der Waals surface area contributed by atoms with E-state index in [1.807, 2.05) is 0 Å². The lowest BCUT2D eigenvalue weighted by atomic mass is 10.3. The Morgan fingerprint density at radius 3 is 2.89 bits per heavy atom. The molecule has 0 N–H and O–H groups in total. The Kier molecular flexibility index (Phi) is 4.68. The third-order valence-electron chi connectivity index (χ3n) is 2.78. The monoisotopic (exact) mass is 327 g/mol. The van der Waals surface area contributed by atoms with Crippen molar-refractivity contribution in [2.45, 2.75) is 11.0 Å². The standard InChI is InChI=1S/C11H12Cl2FNO3S/c12-6-9-7-15(3-4-18-9)19(16,17)11-5-8(14)1-2-10(11)13/h1-2,5,9H,3-4,6-7H2. The predicted molar refractivity (Wildman–Crippen MR) is 70.6 cm³/mol. The summed E-state index contributed by atoms with van der Waals surface area (Å²) in [5.41, 5.74) is 0. The van der Waals surface area contributed by atoms with E-state index in [2.05, 4.69) is 0 Å². The maximum Gasteiger partial charge on any atom is 0.244 e. The number of sulfonamides is 1. The molecular formula is C11H12Cl2FNO3S. The number of halogens is 3. The van der Waals surface area contributed by atoms with Crippen molar-refractivity contribution in [2.75, 3.05) is 25.6 Å². The van der Waals surface area contributed by atoms with Crippen molar-refractivity contribution in [3.63, 3.8) is 0 Å². The van der Waals surface area contributed by atoms with E-state index in [0.717, 1.165) is 12.1 Å². The van der Waals surface area contributed by atoms with E-state index in [1.54, 1.807) is 0 Å². The summed E-state index contributed by atoms with van der Waals surface area (Å²) in [6.07, 6.45) is -0.363. The van der Waals surface area contributed by atoms with Gasteiger partial charge in [0.05, 0.1) is 17.7 Å². The van der Waals surface area contributed by atoms with Crippen LogP contribution in [0, 0.1) is 5.82 Å². The van der Waals surface area contributed by atoms with E-state index in [0.29, 0.717) is 0 Å². The molecular weight excluding hydrogens is 316 g/mol. The van der Waals surface area contributed by atoms with Gasteiger partial charge in [0.15, 0.2) is 0 Å². The van der Waals surface area contributed by atoms with Gasteiger partial charge in [-0.3, -0.25) is 0 Å². The van der Waals surface area contributed by atoms with Crippen LogP contribution in [-0.4, -0.2) is 44.4 Å². The van der Waals surface area contributed by atoms with E-state index in [-0.39, 0.29) is 41.6 Å². The number of alkyl halides is 1. The van der Waals surface area contributed by atoms with Crippen molar-refractivity contribution in [1.82, 2.24) is 4.31 Å². The summed E-state index contributed by atoms with van der Waals surface area (Å²) >= 11 is 11.5. The topological polar surface area (TPSA) is 46.6 Å². The van der Waals surface area contributed by atoms with Crippen LogP contribution in [0.1, 0.15) is 0 Å². The number of hydrogen-bond donors (Lipinski definition) is 0. The molecule has 0 spiro atoms. The molecule has 0 saturated carbocycles. The lowest BCUT2D eigenvalue weighted by Gasteiger charge is -2.31. The van der Waals surface area contributed by atoms with E-state index in [4.69, 9.17) is 27.9 Å². The molecule has 1 saturated heterocycles. The largest absolute Gasteiger partial charge is 0.374 e. The Morgan fingerprint density at radius 1 is 1.47 bits per heavy atom. The van der Waals surface area contributed by atoms with Crippen LogP contribution in [-0.2, 0) is 14.8 Å². The van der Waals surface area contributed by atoms with Crippen molar-refractivity contribution in [3.05, 3.63) is 29.0 Å². The normalized spacial score (nSPS) is 21.5. The van der Waals surface area contributed by atoms with E-state index in [9.17, 15) is 12.8 Å². The molecule has 0 radical (unpaired) electrons. The number of nitrogens with zero attached hydrogens (tertiary/aromatic N) is 1. The van der Waals surface area contributed by atoms with Crippen LogP contribution in [0.5, 0.6) is 0 Å². The van der Waals surface area contributed by atoms with Crippen LogP contribution in [0.25, 0.3) is 0 Å². The summed E-state index contributed by atoms with van der Waals surface area (Å²) in [6, 6.07) is 3.26. The zero-order valence-electron chi connectivity index (χ0n) is 9.85. The SMILES string of the molecule is O=S(=O)(c1cc(F)ccc1Cl)N1CCOC(CCl)C1. The molecule has 106 valence electrons. The van der Waals surface area contributed by atoms with Gasteiger partial charge in [-0.15, -0.1) is 11.6 Å². The molecule has 2 rings (SSSR count). The summed E-state index contributed by atoms with van der Waals surface area (Å²) in [6.45, 7) is 0.588. The lowest BCUT2D eigenvalue weighted by molar-refractivity contribution is 0.0122. The molecule has 1 atom stereocenters. The Bertz CT molecular complexity index is 567. The lowest BCUT2D eigenvalue weighted by Crippen LogP contribution is -2.46. The quantitative estimate of drug-likeness (QED) is 0.799. The van der Waals surface area contributed by atoms with Gasteiger partial charge in [-0.1, -0.05) is 11.6 Å². The highest BCUT2D eigenvalue weighted by Gasteiger charge is 2.32. The zero-order valence-corrected chi connectivity index (χ0v) is 12.2. The maximum absolute atomic E-state index is 13.2. The molecule has 19 heavy (non-hydrogen) atoms. The molecule has 0 amide bonds. The molecule has 1 unspecified atom stereocenters. The molecule has 1 aliphatic rings. The molecule has 0 bridgehead atoms. The van der Waals surface area contributed by atoms with Gasteiger partial charge in [0, 0.05) is 19.0 Å². The minimum absolute atomic E-state index is 0.00434. The fraction of sp³-hybridized carbons (Fsp3) is 0.455. The first-order valence-electron chi connectivity index (χ1n) is 5.58. The van der Waals surface area contributed by atoms with E-state index in [1.165, 1.54) is 10.4 Å². The first-order chi connectivity index (χ1) is 8.95. The number of benzene rings is 1. The van der Waals surface area contributed by atoms with Crippen molar-refractivity contribution in [1.29, 1.82) is 0 Å². The molecule has 0 aliphatic carbocycles. The number of ether oxygens (including phenoxy) is 1. The molecule has 1 heterocycles. The highest BCUT2D eigenvalue weighted by atomic mass is 35.5. The van der Waals surface area contributed by atoms with Gasteiger partial charge in [0.2, 0.25) is 10.0 Å².